The molecule has 0 aromatic heterocycles. The Morgan fingerprint density at radius 2 is 1.53 bits per heavy atom. The average molecular weight is 561 g/mol. The number of carbonyl (C=O) groups excluding carboxylic acids is 4. The predicted molar refractivity (Wildman–Crippen MR) is 125 cm³/mol. The van der Waals surface area contributed by atoms with Crippen molar-refractivity contribution >= 4 is 62.8 Å². The molecule has 0 radical (unpaired) electrons. The van der Waals surface area contributed by atoms with Crippen LogP contribution in [0.3, 0.4) is 0 Å². The molecule has 1 aromatic carbocycles. The Hall–Kier alpha value is -2.77. The fraction of sp³-hybridized carbons (Fsp3) is 0.476. The Morgan fingerprint density at radius 3 is 2.09 bits per heavy atom. The van der Waals surface area contributed by atoms with Crippen molar-refractivity contribution in [2.75, 3.05) is 11.9 Å². The number of carbonyl (C=O) groups is 4. The molecule has 0 amide bonds. The molecule has 2 rings (SSSR count). The maximum Gasteiger partial charge on any atom is 0.303 e. The molecule has 1 aromatic rings. The zero-order valence-corrected chi connectivity index (χ0v) is 21.3. The van der Waals surface area contributed by atoms with Crippen LogP contribution in [0.2, 0.25) is 0 Å². The predicted octanol–water partition coefficient (Wildman–Crippen LogP) is 1.82. The van der Waals surface area contributed by atoms with Crippen LogP contribution in [-0.2, 0) is 42.9 Å². The maximum atomic E-state index is 11.9. The second-order valence-electron chi connectivity index (χ2n) is 7.23. The Bertz CT molecular complexity index is 945. The second-order valence-corrected chi connectivity index (χ2v) is 8.55. The minimum Gasteiger partial charge on any atom is -0.463 e. The van der Waals surface area contributed by atoms with E-state index in [1.165, 1.54) is 6.92 Å². The molecule has 186 valence electrons. The van der Waals surface area contributed by atoms with Gasteiger partial charge in [-0.25, -0.2) is 0 Å². The molecule has 34 heavy (non-hydrogen) atoms. The van der Waals surface area contributed by atoms with Crippen molar-refractivity contribution in [2.45, 2.75) is 58.3 Å². The van der Waals surface area contributed by atoms with Crippen LogP contribution in [0, 0.1) is 0 Å². The highest BCUT2D eigenvalue weighted by atomic mass is 79.9. The van der Waals surface area contributed by atoms with Gasteiger partial charge in [0.15, 0.2) is 29.7 Å². The molecule has 2 N–H and O–H groups in total. The third kappa shape index (κ3) is 8.54. The molecule has 0 aliphatic carbocycles. The first-order chi connectivity index (χ1) is 16.0. The molecule has 1 aliphatic heterocycles. The summed E-state index contributed by atoms with van der Waals surface area (Å²) in [6.45, 7) is 4.32. The molecule has 0 saturated carbocycles. The van der Waals surface area contributed by atoms with E-state index in [1.807, 2.05) is 6.07 Å². The number of benzene rings is 1. The molecule has 0 spiro atoms. The summed E-state index contributed by atoms with van der Waals surface area (Å²) in [6.07, 6.45) is -6.02. The summed E-state index contributed by atoms with van der Waals surface area (Å²) in [6, 6.07) is 7.18. The highest BCUT2D eigenvalue weighted by Gasteiger charge is 2.52. The van der Waals surface area contributed by atoms with Crippen molar-refractivity contribution in [1.29, 1.82) is 0 Å². The number of rotatable bonds is 7. The van der Waals surface area contributed by atoms with Gasteiger partial charge in [-0.15, -0.1) is 0 Å². The van der Waals surface area contributed by atoms with Gasteiger partial charge in [-0.05, 0) is 30.4 Å². The quantitative estimate of drug-likeness (QED) is 0.285. The number of anilines is 1. The lowest BCUT2D eigenvalue weighted by atomic mass is 9.97. The first kappa shape index (κ1) is 27.5. The van der Waals surface area contributed by atoms with Crippen LogP contribution < -0.4 is 10.6 Å². The van der Waals surface area contributed by atoms with E-state index in [0.29, 0.717) is 5.69 Å². The Morgan fingerprint density at radius 1 is 0.941 bits per heavy atom. The summed E-state index contributed by atoms with van der Waals surface area (Å²) in [5, 5.41) is 5.93. The Labute approximate surface area is 209 Å². The van der Waals surface area contributed by atoms with Gasteiger partial charge in [-0.3, -0.25) is 19.2 Å². The van der Waals surface area contributed by atoms with Gasteiger partial charge in [-0.2, -0.15) is 0 Å². The van der Waals surface area contributed by atoms with Gasteiger partial charge in [-0.1, -0.05) is 22.0 Å². The number of ether oxygens (including phenoxy) is 5. The smallest absolute Gasteiger partial charge is 0.303 e. The van der Waals surface area contributed by atoms with Crippen LogP contribution in [0.1, 0.15) is 27.7 Å². The van der Waals surface area contributed by atoms with Crippen LogP contribution in [0.15, 0.2) is 28.7 Å². The monoisotopic (exact) mass is 560 g/mol. The molecule has 1 fully saturated rings. The summed E-state index contributed by atoms with van der Waals surface area (Å²) in [7, 11) is 0. The highest BCUT2D eigenvalue weighted by Crippen LogP contribution is 2.28. The molecule has 1 saturated heterocycles. The topological polar surface area (TPSA) is 138 Å². The lowest BCUT2D eigenvalue weighted by Gasteiger charge is -2.44. The SMILES string of the molecule is CC(=O)OC[C@H]1O[C@@H](NC(=S)Nc2cccc(Br)c2)[C@@H](OC(C)=O)[C@@H](OC(C)=O)[C@@H]1OC(C)=O. The Kier molecular flexibility index (Phi) is 10.2. The third-order valence-electron chi connectivity index (χ3n) is 4.35. The molecule has 1 heterocycles. The van der Waals surface area contributed by atoms with E-state index in [2.05, 4.69) is 26.6 Å². The summed E-state index contributed by atoms with van der Waals surface area (Å²) < 4.78 is 27.9. The molecule has 0 unspecified atom stereocenters. The zero-order valence-electron chi connectivity index (χ0n) is 18.9. The van der Waals surface area contributed by atoms with Crippen LogP contribution in [-0.4, -0.2) is 66.2 Å². The van der Waals surface area contributed by atoms with Gasteiger partial charge in [0.1, 0.15) is 12.7 Å². The second kappa shape index (κ2) is 12.6. The molecular formula is C21H25BrN2O9S. The minimum absolute atomic E-state index is 0.0963. The number of nitrogens with one attached hydrogen (secondary N) is 2. The van der Waals surface area contributed by atoms with Crippen LogP contribution in [0.5, 0.6) is 0 Å². The average Bonchev–Trinajstić information content (AvgIpc) is 2.70. The fourth-order valence-electron chi connectivity index (χ4n) is 3.21. The van der Waals surface area contributed by atoms with E-state index in [9.17, 15) is 19.2 Å². The number of hydrogen-bond acceptors (Lipinski definition) is 10. The minimum atomic E-state index is -1.29. The number of esters is 4. The van der Waals surface area contributed by atoms with Crippen LogP contribution >= 0.6 is 28.1 Å². The van der Waals surface area contributed by atoms with Gasteiger partial charge in [0, 0.05) is 37.9 Å². The van der Waals surface area contributed by atoms with Gasteiger partial charge < -0.3 is 34.3 Å². The van der Waals surface area contributed by atoms with E-state index in [-0.39, 0.29) is 11.7 Å². The number of halogens is 1. The summed E-state index contributed by atoms with van der Waals surface area (Å²) in [4.78, 5) is 46.9. The van der Waals surface area contributed by atoms with Gasteiger partial charge in [0.2, 0.25) is 0 Å². The summed E-state index contributed by atoms with van der Waals surface area (Å²) in [5.74, 6) is -2.74. The zero-order chi connectivity index (χ0) is 25.4. The molecule has 13 heteroatoms. The Balaban J connectivity index is 2.36. The summed E-state index contributed by atoms with van der Waals surface area (Å²) in [5.41, 5.74) is 0.650. The molecule has 0 bridgehead atoms. The lowest BCUT2D eigenvalue weighted by molar-refractivity contribution is -0.254. The normalized spacial score (nSPS) is 23.7. The van der Waals surface area contributed by atoms with Crippen molar-refractivity contribution in [3.8, 4) is 0 Å². The van der Waals surface area contributed by atoms with Crippen molar-refractivity contribution in [3.05, 3.63) is 28.7 Å². The van der Waals surface area contributed by atoms with Crippen molar-refractivity contribution in [3.63, 3.8) is 0 Å². The van der Waals surface area contributed by atoms with Gasteiger partial charge >= 0.3 is 23.9 Å². The number of hydrogen-bond donors (Lipinski definition) is 2. The van der Waals surface area contributed by atoms with Gasteiger partial charge in [0.05, 0.1) is 0 Å². The fourth-order valence-corrected chi connectivity index (χ4v) is 3.84. The first-order valence-corrected chi connectivity index (χ1v) is 11.3. The molecule has 11 nitrogen and oxygen atoms in total. The largest absolute Gasteiger partial charge is 0.463 e. The number of thiocarbonyl (C=S) groups is 1. The summed E-state index contributed by atoms with van der Waals surface area (Å²) >= 11 is 8.72. The van der Waals surface area contributed by atoms with E-state index in [1.54, 1.807) is 18.2 Å². The van der Waals surface area contributed by atoms with E-state index < -0.39 is 54.5 Å². The van der Waals surface area contributed by atoms with E-state index in [4.69, 9.17) is 35.9 Å². The molecule has 1 aliphatic rings. The van der Waals surface area contributed by atoms with Crippen molar-refractivity contribution < 1.29 is 42.9 Å². The molecular weight excluding hydrogens is 536 g/mol. The lowest BCUT2D eigenvalue weighted by Crippen LogP contribution is -2.66. The van der Waals surface area contributed by atoms with Crippen molar-refractivity contribution in [2.24, 2.45) is 0 Å². The standard InChI is InChI=1S/C21H25BrN2O9S/c1-10(25)29-9-16-17(30-11(2)26)18(31-12(3)27)19(32-13(4)28)20(33-16)24-21(34)23-15-7-5-6-14(22)8-15/h5-8,16-20H,9H2,1-4H3,(H2,23,24,34)/t16-,17-,18+,19+,20-/m1/s1. The van der Waals surface area contributed by atoms with E-state index >= 15 is 0 Å². The highest BCUT2D eigenvalue weighted by molar-refractivity contribution is 9.10. The van der Waals surface area contributed by atoms with Crippen LogP contribution in [0.4, 0.5) is 5.69 Å². The maximum absolute atomic E-state index is 11.9. The van der Waals surface area contributed by atoms with E-state index in [0.717, 1.165) is 25.2 Å². The van der Waals surface area contributed by atoms with Gasteiger partial charge in [0.25, 0.3) is 0 Å². The van der Waals surface area contributed by atoms with Crippen molar-refractivity contribution in [1.82, 2.24) is 5.32 Å². The third-order valence-corrected chi connectivity index (χ3v) is 5.06. The van der Waals surface area contributed by atoms with Crippen LogP contribution in [0.25, 0.3) is 0 Å². The molecule has 5 atom stereocenters. The first-order valence-electron chi connectivity index (χ1n) is 10.1.